The highest BCUT2D eigenvalue weighted by Crippen LogP contribution is 2.39. The van der Waals surface area contributed by atoms with E-state index in [1.807, 2.05) is 82.5 Å². The number of fused-ring (bicyclic) bond motifs is 3. The third-order valence-electron chi connectivity index (χ3n) is 7.39. The highest BCUT2D eigenvalue weighted by molar-refractivity contribution is 5.91. The van der Waals surface area contributed by atoms with Crippen LogP contribution >= 0.6 is 0 Å². The number of nitrogens with zero attached hydrogens (tertiary/aromatic N) is 4. The summed E-state index contributed by atoms with van der Waals surface area (Å²) in [6.45, 7) is 4.50. The normalized spacial score (nSPS) is 14.4. The second kappa shape index (κ2) is 10.3. The van der Waals surface area contributed by atoms with Crippen LogP contribution in [0.3, 0.4) is 0 Å². The van der Waals surface area contributed by atoms with E-state index in [0.717, 1.165) is 51.7 Å². The van der Waals surface area contributed by atoms with E-state index < -0.39 is 6.04 Å². The first-order valence-corrected chi connectivity index (χ1v) is 13.3. The van der Waals surface area contributed by atoms with E-state index >= 15 is 0 Å². The van der Waals surface area contributed by atoms with Crippen molar-refractivity contribution in [2.24, 2.45) is 0 Å². The molecule has 1 aliphatic rings. The van der Waals surface area contributed by atoms with E-state index in [1.165, 1.54) is 12.1 Å². The molecule has 39 heavy (non-hydrogen) atoms. The average molecular weight is 520 g/mol. The van der Waals surface area contributed by atoms with Crippen LogP contribution < -0.4 is 5.32 Å². The van der Waals surface area contributed by atoms with Gasteiger partial charge in [-0.25, -0.2) is 13.9 Å². The quantitative estimate of drug-likeness (QED) is 0.270. The van der Waals surface area contributed by atoms with Gasteiger partial charge < -0.3 is 14.8 Å². The lowest BCUT2D eigenvalue weighted by Crippen LogP contribution is -2.38. The topological polar surface area (TPSA) is 55.1 Å². The van der Waals surface area contributed by atoms with E-state index in [9.17, 15) is 9.18 Å². The summed E-state index contributed by atoms with van der Waals surface area (Å²) in [5.41, 5.74) is 6.45. The Morgan fingerprint density at radius 2 is 1.67 bits per heavy atom. The van der Waals surface area contributed by atoms with Gasteiger partial charge in [-0.2, -0.15) is 5.10 Å². The minimum atomic E-state index is -0.448. The summed E-state index contributed by atoms with van der Waals surface area (Å²) in [6.07, 6.45) is 3.53. The molecule has 0 aliphatic carbocycles. The molecule has 0 saturated carbocycles. The predicted molar refractivity (Wildman–Crippen MR) is 151 cm³/mol. The Bertz CT molecular complexity index is 1620. The SMILES string of the molecule is CCc1ccccc1NC(=O)N1Cc2c(CC)nn(-c3ccccc3)c2-n2cccc2[C@@H]1c1ccc(F)cc1. The summed E-state index contributed by atoms with van der Waals surface area (Å²) in [7, 11) is 0. The van der Waals surface area contributed by atoms with E-state index in [2.05, 4.69) is 23.7 Å². The van der Waals surface area contributed by atoms with Gasteiger partial charge in [-0.1, -0.05) is 62.4 Å². The lowest BCUT2D eigenvalue weighted by Gasteiger charge is -2.31. The number of benzene rings is 3. The van der Waals surface area contributed by atoms with Crippen molar-refractivity contribution >= 4 is 11.7 Å². The Morgan fingerprint density at radius 3 is 2.41 bits per heavy atom. The summed E-state index contributed by atoms with van der Waals surface area (Å²) in [5, 5.41) is 8.18. The molecular formula is C32H30FN5O. The molecule has 2 amide bonds. The number of amides is 2. The lowest BCUT2D eigenvalue weighted by atomic mass is 10.0. The molecule has 3 aromatic carbocycles. The first-order chi connectivity index (χ1) is 19.1. The molecule has 6 nitrogen and oxygen atoms in total. The summed E-state index contributed by atoms with van der Waals surface area (Å²) < 4.78 is 18.1. The highest BCUT2D eigenvalue weighted by Gasteiger charge is 2.36. The molecule has 0 unspecified atom stereocenters. The number of halogens is 1. The molecule has 1 atom stereocenters. The number of aromatic nitrogens is 3. The van der Waals surface area contributed by atoms with Crippen LogP contribution in [0.25, 0.3) is 11.5 Å². The van der Waals surface area contributed by atoms with Gasteiger partial charge in [0.15, 0.2) is 0 Å². The molecule has 6 rings (SSSR count). The number of hydrogen-bond acceptors (Lipinski definition) is 2. The van der Waals surface area contributed by atoms with Crippen molar-refractivity contribution < 1.29 is 9.18 Å². The van der Waals surface area contributed by atoms with Crippen molar-refractivity contribution in [3.8, 4) is 11.5 Å². The molecule has 196 valence electrons. The second-order valence-corrected chi connectivity index (χ2v) is 9.68. The van der Waals surface area contributed by atoms with E-state index in [0.29, 0.717) is 13.0 Å². The monoisotopic (exact) mass is 519 g/mol. The van der Waals surface area contributed by atoms with Gasteiger partial charge in [0, 0.05) is 17.4 Å². The van der Waals surface area contributed by atoms with Gasteiger partial charge in [-0.05, 0) is 66.4 Å². The molecular weight excluding hydrogens is 489 g/mol. The van der Waals surface area contributed by atoms with Crippen molar-refractivity contribution in [1.82, 2.24) is 19.2 Å². The molecule has 1 aliphatic heterocycles. The minimum Gasteiger partial charge on any atom is -0.308 e. The number of aryl methyl sites for hydroxylation is 2. The summed E-state index contributed by atoms with van der Waals surface area (Å²) in [5.74, 6) is 0.598. The number of carbonyl (C=O) groups is 1. The maximum absolute atomic E-state index is 14.2. The largest absolute Gasteiger partial charge is 0.322 e. The molecule has 0 fully saturated rings. The van der Waals surface area contributed by atoms with Gasteiger partial charge in [-0.3, -0.25) is 0 Å². The van der Waals surface area contributed by atoms with Gasteiger partial charge in [-0.15, -0.1) is 0 Å². The Hall–Kier alpha value is -4.65. The fraction of sp³-hybridized carbons (Fsp3) is 0.188. The third kappa shape index (κ3) is 4.40. The number of nitrogens with one attached hydrogen (secondary N) is 1. The van der Waals surface area contributed by atoms with Crippen LogP contribution in [0, 0.1) is 5.82 Å². The number of carbonyl (C=O) groups excluding carboxylic acids is 1. The van der Waals surface area contributed by atoms with Gasteiger partial charge in [0.25, 0.3) is 0 Å². The maximum atomic E-state index is 14.2. The average Bonchev–Trinajstić information content (AvgIpc) is 3.55. The lowest BCUT2D eigenvalue weighted by molar-refractivity contribution is 0.194. The molecule has 7 heteroatoms. The third-order valence-corrected chi connectivity index (χ3v) is 7.39. The molecule has 0 spiro atoms. The maximum Gasteiger partial charge on any atom is 0.322 e. The van der Waals surface area contributed by atoms with Gasteiger partial charge >= 0.3 is 6.03 Å². The molecule has 0 radical (unpaired) electrons. The van der Waals surface area contributed by atoms with Crippen LogP contribution in [0.15, 0.2) is 97.2 Å². The number of urea groups is 1. The van der Waals surface area contributed by atoms with Crippen LogP contribution in [0.1, 0.15) is 48.0 Å². The number of hydrogen-bond donors (Lipinski definition) is 1. The second-order valence-electron chi connectivity index (χ2n) is 9.68. The molecule has 1 N–H and O–H groups in total. The zero-order valence-electron chi connectivity index (χ0n) is 22.0. The summed E-state index contributed by atoms with van der Waals surface area (Å²) >= 11 is 0. The smallest absolute Gasteiger partial charge is 0.308 e. The highest BCUT2D eigenvalue weighted by atomic mass is 19.1. The Balaban J connectivity index is 1.55. The molecule has 0 saturated heterocycles. The van der Waals surface area contributed by atoms with E-state index in [-0.39, 0.29) is 11.8 Å². The predicted octanol–water partition coefficient (Wildman–Crippen LogP) is 7.06. The molecule has 5 aromatic rings. The van der Waals surface area contributed by atoms with Crippen molar-refractivity contribution in [3.63, 3.8) is 0 Å². The van der Waals surface area contributed by atoms with Crippen molar-refractivity contribution in [2.75, 3.05) is 5.32 Å². The van der Waals surface area contributed by atoms with Gasteiger partial charge in [0.05, 0.1) is 29.7 Å². The van der Waals surface area contributed by atoms with Crippen LogP contribution in [0.5, 0.6) is 0 Å². The fourth-order valence-corrected chi connectivity index (χ4v) is 5.48. The van der Waals surface area contributed by atoms with Gasteiger partial charge in [0.2, 0.25) is 0 Å². The molecule has 3 heterocycles. The van der Waals surface area contributed by atoms with Gasteiger partial charge in [0.1, 0.15) is 11.6 Å². The molecule has 2 aromatic heterocycles. The van der Waals surface area contributed by atoms with Crippen molar-refractivity contribution in [3.05, 3.63) is 131 Å². The van der Waals surface area contributed by atoms with E-state index in [4.69, 9.17) is 5.10 Å². The standard InChI is InChI=1S/C32H30FN5O/c1-3-22-11-8-9-14-28(22)34-32(39)37-21-26-27(4-2)35-38(25-12-6-5-7-13-25)31(26)36-20-10-15-29(36)30(37)23-16-18-24(33)19-17-23/h5-20,30H,3-4,21H2,1-2H3,(H,34,39)/t30-/m0/s1. The Morgan fingerprint density at radius 1 is 0.923 bits per heavy atom. The Labute approximate surface area is 227 Å². The number of anilines is 1. The summed E-state index contributed by atoms with van der Waals surface area (Å²) in [4.78, 5) is 16.0. The molecule has 0 bridgehead atoms. The zero-order valence-corrected chi connectivity index (χ0v) is 22.0. The van der Waals surface area contributed by atoms with E-state index in [1.54, 1.807) is 12.1 Å². The first kappa shape index (κ1) is 24.7. The number of rotatable bonds is 5. The van der Waals surface area contributed by atoms with Crippen LogP contribution in [0.2, 0.25) is 0 Å². The minimum absolute atomic E-state index is 0.222. The zero-order chi connectivity index (χ0) is 26.9. The van der Waals surface area contributed by atoms with Crippen molar-refractivity contribution in [1.29, 1.82) is 0 Å². The number of para-hydroxylation sites is 2. The summed E-state index contributed by atoms with van der Waals surface area (Å²) in [6, 6.07) is 27.7. The van der Waals surface area contributed by atoms with Crippen LogP contribution in [0.4, 0.5) is 14.9 Å². The fourth-order valence-electron chi connectivity index (χ4n) is 5.48. The first-order valence-electron chi connectivity index (χ1n) is 13.3. The van der Waals surface area contributed by atoms with Crippen LogP contribution in [-0.2, 0) is 19.4 Å². The van der Waals surface area contributed by atoms with Crippen LogP contribution in [-0.4, -0.2) is 25.3 Å². The Kier molecular flexibility index (Phi) is 6.49. The van der Waals surface area contributed by atoms with Crippen molar-refractivity contribution in [2.45, 2.75) is 39.3 Å².